The fourth-order valence-electron chi connectivity index (χ4n) is 4.98. The molecule has 1 aliphatic carbocycles. The Morgan fingerprint density at radius 2 is 1.97 bits per heavy atom. The van der Waals surface area contributed by atoms with Crippen molar-refractivity contribution in [2.45, 2.75) is 70.8 Å². The maximum atomic E-state index is 13.6. The van der Waals surface area contributed by atoms with Gasteiger partial charge in [0.15, 0.2) is 5.78 Å². The van der Waals surface area contributed by atoms with Crippen LogP contribution in [0.5, 0.6) is 0 Å². The van der Waals surface area contributed by atoms with Gasteiger partial charge in [-0.2, -0.15) is 0 Å². The topological polar surface area (TPSA) is 91.4 Å². The lowest BCUT2D eigenvalue weighted by Gasteiger charge is -2.27. The standard InChI is InChI=1S/C29H42N4O3S/c1-5-20-12-14-25-26(17-20)37-28(31-25)19-22(18-27(35)30-2)29(36)32-24(21-9-6-7-10-21)15-13-23(34)11-8-16-33(3)4/h8,11-12,14,17,21-22,24H,5-7,9-10,13,15-16,18-19H2,1-4H3,(H,30,35)(H,32,36)/b11-8+/t22-,24+/m0/s1. The summed E-state index contributed by atoms with van der Waals surface area (Å²) < 4.78 is 1.11. The molecule has 8 heteroatoms. The molecule has 0 aliphatic heterocycles. The lowest BCUT2D eigenvalue weighted by atomic mass is 9.91. The summed E-state index contributed by atoms with van der Waals surface area (Å²) in [5, 5.41) is 6.79. The zero-order chi connectivity index (χ0) is 26.8. The summed E-state index contributed by atoms with van der Waals surface area (Å²) in [7, 11) is 5.52. The van der Waals surface area contributed by atoms with Gasteiger partial charge in [-0.25, -0.2) is 4.98 Å². The summed E-state index contributed by atoms with van der Waals surface area (Å²) in [5.74, 6) is -0.330. The van der Waals surface area contributed by atoms with E-state index >= 15 is 0 Å². The number of allylic oxidation sites excluding steroid dienone is 1. The molecule has 1 aromatic carbocycles. The van der Waals surface area contributed by atoms with Gasteiger partial charge in [0, 0.05) is 38.9 Å². The first-order chi connectivity index (χ1) is 17.8. The molecule has 2 amide bonds. The van der Waals surface area contributed by atoms with Gasteiger partial charge >= 0.3 is 0 Å². The van der Waals surface area contributed by atoms with Crippen molar-refractivity contribution in [1.29, 1.82) is 0 Å². The number of carbonyl (C=O) groups is 3. The number of hydrogen-bond acceptors (Lipinski definition) is 6. The third kappa shape index (κ3) is 9.04. The smallest absolute Gasteiger partial charge is 0.224 e. The number of amides is 2. The Labute approximate surface area is 225 Å². The first-order valence-electron chi connectivity index (χ1n) is 13.5. The Kier molecular flexibility index (Phi) is 11.3. The quantitative estimate of drug-likeness (QED) is 0.358. The van der Waals surface area contributed by atoms with Gasteiger partial charge in [0.25, 0.3) is 0 Å². The lowest BCUT2D eigenvalue weighted by Crippen LogP contribution is -2.44. The van der Waals surface area contributed by atoms with Crippen LogP contribution in [0.4, 0.5) is 0 Å². The predicted molar refractivity (Wildman–Crippen MR) is 151 cm³/mol. The fourth-order valence-corrected chi connectivity index (χ4v) is 6.09. The van der Waals surface area contributed by atoms with Crippen molar-refractivity contribution < 1.29 is 14.4 Å². The van der Waals surface area contributed by atoms with E-state index in [4.69, 9.17) is 4.98 Å². The molecule has 0 saturated heterocycles. The average Bonchev–Trinajstić information content (AvgIpc) is 3.55. The van der Waals surface area contributed by atoms with Crippen molar-refractivity contribution in [3.8, 4) is 0 Å². The van der Waals surface area contributed by atoms with E-state index in [9.17, 15) is 14.4 Å². The third-order valence-corrected chi connectivity index (χ3v) is 8.22. The second-order valence-electron chi connectivity index (χ2n) is 10.4. The third-order valence-electron chi connectivity index (χ3n) is 7.18. The van der Waals surface area contributed by atoms with E-state index in [1.165, 1.54) is 5.56 Å². The van der Waals surface area contributed by atoms with Crippen molar-refractivity contribution in [2.75, 3.05) is 27.7 Å². The molecule has 1 saturated carbocycles. The molecule has 0 bridgehead atoms. The van der Waals surface area contributed by atoms with E-state index < -0.39 is 5.92 Å². The van der Waals surface area contributed by atoms with Crippen molar-refractivity contribution in [3.05, 3.63) is 40.9 Å². The van der Waals surface area contributed by atoms with Crippen molar-refractivity contribution in [2.24, 2.45) is 11.8 Å². The minimum atomic E-state index is -0.509. The SMILES string of the molecule is CCc1ccc2nc(C[C@H](CC(=O)NC)C(=O)N[C@H](CCC(=O)/C=C/CN(C)C)C3CCCC3)sc2c1. The Morgan fingerprint density at radius 3 is 2.65 bits per heavy atom. The van der Waals surface area contributed by atoms with Crippen LogP contribution in [0.25, 0.3) is 10.2 Å². The number of aryl methyl sites for hydroxylation is 1. The summed E-state index contributed by atoms with van der Waals surface area (Å²) in [6.45, 7) is 2.85. The molecule has 1 fully saturated rings. The van der Waals surface area contributed by atoms with Crippen LogP contribution in [-0.4, -0.2) is 61.2 Å². The number of hydrogen-bond donors (Lipinski definition) is 2. The Morgan fingerprint density at radius 1 is 1.22 bits per heavy atom. The van der Waals surface area contributed by atoms with E-state index in [0.717, 1.165) is 53.9 Å². The highest BCUT2D eigenvalue weighted by molar-refractivity contribution is 7.18. The normalized spacial score (nSPS) is 15.9. The minimum Gasteiger partial charge on any atom is -0.359 e. The summed E-state index contributed by atoms with van der Waals surface area (Å²) >= 11 is 1.60. The second-order valence-corrected chi connectivity index (χ2v) is 11.5. The first kappa shape index (κ1) is 29.0. The summed E-state index contributed by atoms with van der Waals surface area (Å²) in [6.07, 6.45) is 10.5. The number of carbonyl (C=O) groups excluding carboxylic acids is 3. The molecule has 0 spiro atoms. The highest BCUT2D eigenvalue weighted by Gasteiger charge is 2.30. The molecule has 1 aromatic heterocycles. The van der Waals surface area contributed by atoms with Gasteiger partial charge in [-0.15, -0.1) is 11.3 Å². The zero-order valence-electron chi connectivity index (χ0n) is 22.7. The van der Waals surface area contributed by atoms with Crippen LogP contribution in [0.1, 0.15) is 62.4 Å². The maximum Gasteiger partial charge on any atom is 0.224 e. The van der Waals surface area contributed by atoms with E-state index in [1.54, 1.807) is 24.5 Å². The maximum absolute atomic E-state index is 13.6. The van der Waals surface area contributed by atoms with Gasteiger partial charge in [0.05, 0.1) is 21.1 Å². The van der Waals surface area contributed by atoms with E-state index in [0.29, 0.717) is 25.2 Å². The first-order valence-corrected chi connectivity index (χ1v) is 14.3. The van der Waals surface area contributed by atoms with Crippen molar-refractivity contribution in [3.63, 3.8) is 0 Å². The highest BCUT2D eigenvalue weighted by Crippen LogP contribution is 2.31. The number of rotatable bonds is 14. The van der Waals surface area contributed by atoms with E-state index in [1.807, 2.05) is 31.1 Å². The van der Waals surface area contributed by atoms with Gasteiger partial charge in [-0.1, -0.05) is 31.9 Å². The van der Waals surface area contributed by atoms with Crippen LogP contribution in [0.15, 0.2) is 30.4 Å². The minimum absolute atomic E-state index is 0.0594. The summed E-state index contributed by atoms with van der Waals surface area (Å²) in [6, 6.07) is 6.21. The van der Waals surface area contributed by atoms with Crippen LogP contribution in [0.3, 0.4) is 0 Å². The monoisotopic (exact) mass is 526 g/mol. The number of fused-ring (bicyclic) bond motifs is 1. The lowest BCUT2D eigenvalue weighted by molar-refractivity contribution is -0.131. The molecule has 0 unspecified atom stereocenters. The van der Waals surface area contributed by atoms with Gasteiger partial charge < -0.3 is 15.5 Å². The molecule has 3 rings (SSSR count). The molecule has 202 valence electrons. The number of aromatic nitrogens is 1. The van der Waals surface area contributed by atoms with E-state index in [2.05, 4.69) is 29.7 Å². The average molecular weight is 527 g/mol. The Hall–Kier alpha value is -2.58. The van der Waals surface area contributed by atoms with Gasteiger partial charge in [0.1, 0.15) is 0 Å². The van der Waals surface area contributed by atoms with Crippen molar-refractivity contribution >= 4 is 39.2 Å². The fraction of sp³-hybridized carbons (Fsp3) is 0.586. The molecule has 37 heavy (non-hydrogen) atoms. The molecule has 2 N–H and O–H groups in total. The highest BCUT2D eigenvalue weighted by atomic mass is 32.1. The number of nitrogens with zero attached hydrogens (tertiary/aromatic N) is 2. The molecule has 0 radical (unpaired) electrons. The summed E-state index contributed by atoms with van der Waals surface area (Å²) in [5.41, 5.74) is 2.19. The predicted octanol–water partition coefficient (Wildman–Crippen LogP) is 4.30. The molecule has 2 aromatic rings. The number of benzene rings is 1. The molecule has 1 aliphatic rings. The molecule has 1 heterocycles. The largest absolute Gasteiger partial charge is 0.359 e. The molecule has 2 atom stereocenters. The molecular weight excluding hydrogens is 484 g/mol. The molecular formula is C29H42N4O3S. The number of thiazole rings is 1. The molecule has 7 nitrogen and oxygen atoms in total. The van der Waals surface area contributed by atoms with E-state index in [-0.39, 0.29) is 30.1 Å². The zero-order valence-corrected chi connectivity index (χ0v) is 23.5. The second kappa shape index (κ2) is 14.4. The van der Waals surface area contributed by atoms with Gasteiger partial charge in [0.2, 0.25) is 11.8 Å². The number of likely N-dealkylation sites (N-methyl/N-ethyl adjacent to an activating group) is 1. The van der Waals surface area contributed by atoms with Gasteiger partial charge in [-0.3, -0.25) is 14.4 Å². The van der Waals surface area contributed by atoms with Crippen LogP contribution in [0.2, 0.25) is 0 Å². The van der Waals surface area contributed by atoms with Gasteiger partial charge in [-0.05, 0) is 69.5 Å². The van der Waals surface area contributed by atoms with Crippen molar-refractivity contribution in [1.82, 2.24) is 20.5 Å². The Bertz CT molecular complexity index is 1090. The van der Waals surface area contributed by atoms with Crippen LogP contribution >= 0.6 is 11.3 Å². The number of ketones is 1. The van der Waals surface area contributed by atoms with Crippen LogP contribution < -0.4 is 10.6 Å². The van der Waals surface area contributed by atoms with Crippen LogP contribution in [-0.2, 0) is 27.2 Å². The van der Waals surface area contributed by atoms with Crippen LogP contribution in [0, 0.1) is 11.8 Å². The Balaban J connectivity index is 1.71. The summed E-state index contributed by atoms with van der Waals surface area (Å²) in [4.78, 5) is 45.1. The number of nitrogens with one attached hydrogen (secondary N) is 2.